The number of amides is 1. The van der Waals surface area contributed by atoms with Crippen molar-refractivity contribution in [3.63, 3.8) is 0 Å². The van der Waals surface area contributed by atoms with E-state index in [1.54, 1.807) is 7.05 Å². The highest BCUT2D eigenvalue weighted by molar-refractivity contribution is 7.89. The zero-order valence-corrected chi connectivity index (χ0v) is 13.6. The number of carbonyl (C=O) groups is 1. The molecule has 1 aromatic heterocycles. The van der Waals surface area contributed by atoms with Gasteiger partial charge in [0.1, 0.15) is 10.6 Å². The van der Waals surface area contributed by atoms with Gasteiger partial charge in [0, 0.05) is 19.8 Å². The zero-order chi connectivity index (χ0) is 16.0. The summed E-state index contributed by atoms with van der Waals surface area (Å²) in [6.07, 6.45) is 2.11. The van der Waals surface area contributed by atoms with Crippen molar-refractivity contribution < 1.29 is 13.2 Å². The maximum Gasteiger partial charge on any atom is 0.265 e. The number of carbonyl (C=O) groups excluding carboxylic acids is 1. The summed E-state index contributed by atoms with van der Waals surface area (Å²) in [6, 6.07) is 1.29. The number of hydrogen-bond acceptors (Lipinski definition) is 4. The number of nitrogens with two attached hydrogens (primary N) is 1. The van der Waals surface area contributed by atoms with Crippen molar-refractivity contribution in [1.29, 1.82) is 0 Å². The number of sulfonamides is 1. The van der Waals surface area contributed by atoms with Crippen molar-refractivity contribution in [3.05, 3.63) is 18.0 Å². The Bertz CT molecular complexity index is 576. The van der Waals surface area contributed by atoms with Gasteiger partial charge in [0.25, 0.3) is 5.91 Å². The number of nitrogens with zero attached hydrogens (tertiary/aromatic N) is 2. The average Bonchev–Trinajstić information content (AvgIpc) is 2.82. The van der Waals surface area contributed by atoms with Crippen LogP contribution in [0.4, 0.5) is 0 Å². The average molecular weight is 316 g/mol. The summed E-state index contributed by atoms with van der Waals surface area (Å²) in [5, 5.41) is 0. The highest BCUT2D eigenvalue weighted by Crippen LogP contribution is 2.12. The Balaban J connectivity index is 2.62. The van der Waals surface area contributed by atoms with Crippen molar-refractivity contribution in [2.45, 2.75) is 25.2 Å². The van der Waals surface area contributed by atoms with Crippen molar-refractivity contribution in [2.75, 3.05) is 26.2 Å². The van der Waals surface area contributed by atoms with E-state index in [1.165, 1.54) is 16.8 Å². The van der Waals surface area contributed by atoms with Gasteiger partial charge in [-0.15, -0.1) is 0 Å². The smallest absolute Gasteiger partial charge is 0.265 e. The molecule has 0 aliphatic carbocycles. The monoisotopic (exact) mass is 316 g/mol. The minimum Gasteiger partial charge on any atom is -0.364 e. The van der Waals surface area contributed by atoms with Crippen molar-refractivity contribution >= 4 is 15.9 Å². The second-order valence-electron chi connectivity index (χ2n) is 4.81. The molecule has 1 aromatic rings. The molecule has 7 nitrogen and oxygen atoms in total. The van der Waals surface area contributed by atoms with Gasteiger partial charge >= 0.3 is 0 Å². The highest BCUT2D eigenvalue weighted by Gasteiger charge is 2.18. The summed E-state index contributed by atoms with van der Waals surface area (Å²) >= 11 is 0. The maximum atomic E-state index is 12.1. The lowest BCUT2D eigenvalue weighted by atomic mass is 10.4. The summed E-state index contributed by atoms with van der Waals surface area (Å²) in [7, 11) is -2.02. The Morgan fingerprint density at radius 2 is 2.00 bits per heavy atom. The van der Waals surface area contributed by atoms with Gasteiger partial charge in [0.15, 0.2) is 0 Å². The number of hydrogen-bond donors (Lipinski definition) is 2. The standard InChI is InChI=1S/C13H24N4O3S/c1-4-17(5-2)8-6-7-15-21(19,20)11-9-12(13(14)18)16(3)10-11/h9-10,15H,4-8H2,1-3H3,(H2,14,18). The molecule has 0 bridgehead atoms. The van der Waals surface area contributed by atoms with Crippen molar-refractivity contribution in [3.8, 4) is 0 Å². The van der Waals surface area contributed by atoms with Gasteiger partial charge in [-0.25, -0.2) is 13.1 Å². The SMILES string of the molecule is CCN(CC)CCCNS(=O)(=O)c1cc(C(N)=O)n(C)c1. The van der Waals surface area contributed by atoms with Crippen LogP contribution in [-0.2, 0) is 17.1 Å². The van der Waals surface area contributed by atoms with E-state index < -0.39 is 15.9 Å². The third kappa shape index (κ3) is 4.83. The van der Waals surface area contributed by atoms with Gasteiger partial charge in [0.05, 0.1) is 0 Å². The molecular formula is C13H24N4O3S. The molecule has 0 aromatic carbocycles. The van der Waals surface area contributed by atoms with Crippen LogP contribution >= 0.6 is 0 Å². The number of rotatable bonds is 9. The fraction of sp³-hybridized carbons (Fsp3) is 0.615. The molecule has 21 heavy (non-hydrogen) atoms. The van der Waals surface area contributed by atoms with Crippen LogP contribution in [0.15, 0.2) is 17.2 Å². The molecular weight excluding hydrogens is 292 g/mol. The first-order valence-electron chi connectivity index (χ1n) is 7.00. The third-order valence-electron chi connectivity index (χ3n) is 3.38. The minimum atomic E-state index is -3.60. The van der Waals surface area contributed by atoms with E-state index in [0.29, 0.717) is 6.54 Å². The summed E-state index contributed by atoms with van der Waals surface area (Å²) in [5.74, 6) is -0.652. The van der Waals surface area contributed by atoms with Crippen LogP contribution in [0.1, 0.15) is 30.8 Å². The van der Waals surface area contributed by atoms with Crippen LogP contribution in [0, 0.1) is 0 Å². The highest BCUT2D eigenvalue weighted by atomic mass is 32.2. The quantitative estimate of drug-likeness (QED) is 0.633. The van der Waals surface area contributed by atoms with Gasteiger partial charge in [0.2, 0.25) is 10.0 Å². The molecule has 0 atom stereocenters. The zero-order valence-electron chi connectivity index (χ0n) is 12.8. The number of nitrogens with one attached hydrogen (secondary N) is 1. The predicted octanol–water partition coefficient (Wildman–Crippen LogP) is 0.134. The summed E-state index contributed by atoms with van der Waals surface area (Å²) in [5.41, 5.74) is 5.34. The van der Waals surface area contributed by atoms with E-state index >= 15 is 0 Å². The molecule has 0 spiro atoms. The van der Waals surface area contributed by atoms with E-state index in [4.69, 9.17) is 5.73 Å². The lowest BCUT2D eigenvalue weighted by Crippen LogP contribution is -2.29. The van der Waals surface area contributed by atoms with E-state index in [1.807, 2.05) is 0 Å². The molecule has 0 radical (unpaired) electrons. The Morgan fingerprint density at radius 1 is 1.38 bits per heavy atom. The molecule has 1 amide bonds. The Hall–Kier alpha value is -1.38. The van der Waals surface area contributed by atoms with Crippen LogP contribution in [0.3, 0.4) is 0 Å². The Kier molecular flexibility index (Phi) is 6.38. The first-order valence-corrected chi connectivity index (χ1v) is 8.48. The van der Waals surface area contributed by atoms with Gasteiger partial charge < -0.3 is 15.2 Å². The fourth-order valence-electron chi connectivity index (χ4n) is 2.06. The summed E-state index contributed by atoms with van der Waals surface area (Å²) in [6.45, 7) is 7.25. The molecule has 8 heteroatoms. The molecule has 0 fully saturated rings. The number of aryl methyl sites for hydroxylation is 1. The summed E-state index contributed by atoms with van der Waals surface area (Å²) in [4.78, 5) is 13.4. The van der Waals surface area contributed by atoms with Crippen LogP contribution < -0.4 is 10.5 Å². The molecule has 0 saturated heterocycles. The minimum absolute atomic E-state index is 0.0571. The molecule has 0 aliphatic heterocycles. The Morgan fingerprint density at radius 3 is 2.48 bits per heavy atom. The van der Waals surface area contributed by atoms with Gasteiger partial charge in [-0.2, -0.15) is 0 Å². The molecule has 0 aliphatic rings. The molecule has 0 saturated carbocycles. The van der Waals surface area contributed by atoms with E-state index in [2.05, 4.69) is 23.5 Å². The maximum absolute atomic E-state index is 12.1. The van der Waals surface area contributed by atoms with Crippen molar-refractivity contribution in [1.82, 2.24) is 14.2 Å². The molecule has 1 rings (SSSR count). The van der Waals surface area contributed by atoms with E-state index in [-0.39, 0.29) is 10.6 Å². The molecule has 0 unspecified atom stereocenters. The molecule has 3 N–H and O–H groups in total. The number of aromatic nitrogens is 1. The normalized spacial score (nSPS) is 12.0. The van der Waals surface area contributed by atoms with Crippen LogP contribution in [-0.4, -0.2) is 50.0 Å². The first kappa shape index (κ1) is 17.7. The second-order valence-corrected chi connectivity index (χ2v) is 6.58. The van der Waals surface area contributed by atoms with Gasteiger partial charge in [-0.3, -0.25) is 4.79 Å². The van der Waals surface area contributed by atoms with E-state index in [0.717, 1.165) is 26.1 Å². The number of primary amides is 1. The van der Waals surface area contributed by atoms with Crippen LogP contribution in [0.2, 0.25) is 0 Å². The molecule has 120 valence electrons. The fourth-order valence-corrected chi connectivity index (χ4v) is 3.20. The summed E-state index contributed by atoms with van der Waals surface area (Å²) < 4.78 is 28.2. The van der Waals surface area contributed by atoms with Gasteiger partial charge in [-0.05, 0) is 32.1 Å². The predicted molar refractivity (Wildman–Crippen MR) is 81.5 cm³/mol. The topological polar surface area (TPSA) is 97.4 Å². The van der Waals surface area contributed by atoms with Crippen molar-refractivity contribution in [2.24, 2.45) is 12.8 Å². The van der Waals surface area contributed by atoms with E-state index in [9.17, 15) is 13.2 Å². The lowest BCUT2D eigenvalue weighted by Gasteiger charge is -2.17. The van der Waals surface area contributed by atoms with Crippen LogP contribution in [0.25, 0.3) is 0 Å². The largest absolute Gasteiger partial charge is 0.364 e. The first-order chi connectivity index (χ1) is 9.81. The van der Waals surface area contributed by atoms with Gasteiger partial charge in [-0.1, -0.05) is 13.8 Å². The molecule has 1 heterocycles. The van der Waals surface area contributed by atoms with Crippen LogP contribution in [0.5, 0.6) is 0 Å². The third-order valence-corrected chi connectivity index (χ3v) is 4.81. The second kappa shape index (κ2) is 7.58. The lowest BCUT2D eigenvalue weighted by molar-refractivity contribution is 0.0992. The Labute approximate surface area is 126 Å².